The molecular weight excluding hydrogens is 216 g/mol. The Hall–Kier alpha value is -1.39. The second kappa shape index (κ2) is 6.37. The van der Waals surface area contributed by atoms with E-state index >= 15 is 0 Å². The maximum Gasteiger partial charge on any atom is 0.320 e. The van der Waals surface area contributed by atoms with E-state index in [0.717, 1.165) is 6.54 Å². The molecular formula is C13H20N2O2. The van der Waals surface area contributed by atoms with Gasteiger partial charge in [0.25, 0.3) is 0 Å². The van der Waals surface area contributed by atoms with E-state index in [4.69, 9.17) is 10.8 Å². The minimum Gasteiger partial charge on any atom is -0.480 e. The molecule has 1 unspecified atom stereocenters. The summed E-state index contributed by atoms with van der Waals surface area (Å²) in [7, 11) is 1.97. The van der Waals surface area contributed by atoms with Gasteiger partial charge < -0.3 is 15.7 Å². The zero-order valence-electron chi connectivity index (χ0n) is 10.4. The van der Waals surface area contributed by atoms with Gasteiger partial charge in [-0.05, 0) is 26.0 Å². The van der Waals surface area contributed by atoms with Crippen LogP contribution in [-0.2, 0) is 11.3 Å². The van der Waals surface area contributed by atoms with Crippen LogP contribution in [0.4, 0.5) is 0 Å². The molecule has 0 bridgehead atoms. The summed E-state index contributed by atoms with van der Waals surface area (Å²) >= 11 is 0. The highest BCUT2D eigenvalue weighted by atomic mass is 16.4. The van der Waals surface area contributed by atoms with Gasteiger partial charge in [-0.1, -0.05) is 29.8 Å². The Kier molecular flexibility index (Phi) is 5.12. The molecule has 0 saturated heterocycles. The van der Waals surface area contributed by atoms with Crippen LogP contribution in [0, 0.1) is 6.92 Å². The Morgan fingerprint density at radius 1 is 1.41 bits per heavy atom. The summed E-state index contributed by atoms with van der Waals surface area (Å²) < 4.78 is 0. The topological polar surface area (TPSA) is 66.6 Å². The smallest absolute Gasteiger partial charge is 0.320 e. The predicted molar refractivity (Wildman–Crippen MR) is 67.7 cm³/mol. The third-order valence-corrected chi connectivity index (χ3v) is 2.71. The molecule has 4 nitrogen and oxygen atoms in total. The van der Waals surface area contributed by atoms with Gasteiger partial charge in [-0.3, -0.25) is 4.79 Å². The van der Waals surface area contributed by atoms with Crippen LogP contribution in [0.25, 0.3) is 0 Å². The lowest BCUT2D eigenvalue weighted by Gasteiger charge is -2.17. The fourth-order valence-electron chi connectivity index (χ4n) is 1.57. The molecule has 0 radical (unpaired) electrons. The summed E-state index contributed by atoms with van der Waals surface area (Å²) in [6.45, 7) is 3.55. The van der Waals surface area contributed by atoms with E-state index in [0.29, 0.717) is 13.0 Å². The highest BCUT2D eigenvalue weighted by molar-refractivity contribution is 5.72. The number of carboxylic acid groups (broad SMARTS) is 1. The number of aryl methyl sites for hydroxylation is 1. The van der Waals surface area contributed by atoms with Crippen molar-refractivity contribution in [1.29, 1.82) is 0 Å². The van der Waals surface area contributed by atoms with Crippen molar-refractivity contribution in [2.75, 3.05) is 13.6 Å². The van der Waals surface area contributed by atoms with Gasteiger partial charge in [-0.15, -0.1) is 0 Å². The van der Waals surface area contributed by atoms with E-state index in [1.54, 1.807) is 0 Å². The first kappa shape index (κ1) is 13.7. The van der Waals surface area contributed by atoms with Crippen molar-refractivity contribution >= 4 is 5.97 Å². The summed E-state index contributed by atoms with van der Waals surface area (Å²) in [5, 5.41) is 8.67. The van der Waals surface area contributed by atoms with E-state index in [-0.39, 0.29) is 0 Å². The van der Waals surface area contributed by atoms with Crippen LogP contribution in [0.15, 0.2) is 24.3 Å². The van der Waals surface area contributed by atoms with Crippen LogP contribution in [0.2, 0.25) is 0 Å². The number of carboxylic acids is 1. The van der Waals surface area contributed by atoms with Crippen LogP contribution in [-0.4, -0.2) is 35.6 Å². The summed E-state index contributed by atoms with van der Waals surface area (Å²) in [6.07, 6.45) is 0.470. The lowest BCUT2D eigenvalue weighted by atomic mass is 10.1. The number of hydrogen-bond donors (Lipinski definition) is 2. The first-order valence-corrected chi connectivity index (χ1v) is 5.71. The number of aliphatic carboxylic acids is 1. The van der Waals surface area contributed by atoms with Crippen molar-refractivity contribution in [3.05, 3.63) is 35.4 Å². The fraction of sp³-hybridized carbons (Fsp3) is 0.462. The Morgan fingerprint density at radius 2 is 2.00 bits per heavy atom. The van der Waals surface area contributed by atoms with Crippen LogP contribution in [0.1, 0.15) is 17.5 Å². The number of nitrogens with two attached hydrogens (primary N) is 1. The molecule has 3 N–H and O–H groups in total. The number of benzene rings is 1. The first-order valence-electron chi connectivity index (χ1n) is 5.71. The zero-order chi connectivity index (χ0) is 12.8. The highest BCUT2D eigenvalue weighted by Crippen LogP contribution is 2.06. The Labute approximate surface area is 102 Å². The summed E-state index contributed by atoms with van der Waals surface area (Å²) in [5.74, 6) is -0.936. The van der Waals surface area contributed by atoms with Gasteiger partial charge in [0.15, 0.2) is 0 Å². The molecule has 17 heavy (non-hydrogen) atoms. The third-order valence-electron chi connectivity index (χ3n) is 2.71. The van der Waals surface area contributed by atoms with E-state index in [2.05, 4.69) is 36.1 Å². The number of rotatable bonds is 6. The van der Waals surface area contributed by atoms with Crippen LogP contribution < -0.4 is 5.73 Å². The third kappa shape index (κ3) is 4.97. The van der Waals surface area contributed by atoms with Crippen molar-refractivity contribution in [3.63, 3.8) is 0 Å². The van der Waals surface area contributed by atoms with Gasteiger partial charge in [0.2, 0.25) is 0 Å². The highest BCUT2D eigenvalue weighted by Gasteiger charge is 2.11. The molecule has 1 aromatic carbocycles. The molecule has 0 aliphatic rings. The van der Waals surface area contributed by atoms with Crippen molar-refractivity contribution in [2.45, 2.75) is 25.9 Å². The Morgan fingerprint density at radius 3 is 2.53 bits per heavy atom. The van der Waals surface area contributed by atoms with Crippen molar-refractivity contribution < 1.29 is 9.90 Å². The van der Waals surface area contributed by atoms with E-state index in [1.165, 1.54) is 11.1 Å². The molecule has 1 aromatic rings. The molecule has 1 atom stereocenters. The SMILES string of the molecule is Cc1ccc(CN(C)CCC(N)C(=O)O)cc1. The van der Waals surface area contributed by atoms with E-state index in [1.807, 2.05) is 7.05 Å². The van der Waals surface area contributed by atoms with Gasteiger partial charge in [0, 0.05) is 13.1 Å². The molecule has 0 heterocycles. The molecule has 4 heteroatoms. The molecule has 0 saturated carbocycles. The van der Waals surface area contributed by atoms with Crippen LogP contribution in [0.5, 0.6) is 0 Å². The standard InChI is InChI=1S/C13H20N2O2/c1-10-3-5-11(6-4-10)9-15(2)8-7-12(14)13(16)17/h3-6,12H,7-9,14H2,1-2H3,(H,16,17). The molecule has 94 valence electrons. The average Bonchev–Trinajstić information content (AvgIpc) is 2.29. The zero-order valence-corrected chi connectivity index (χ0v) is 10.4. The summed E-state index contributed by atoms with van der Waals surface area (Å²) in [5.41, 5.74) is 7.92. The number of carbonyl (C=O) groups is 1. The second-order valence-corrected chi connectivity index (χ2v) is 4.46. The molecule has 1 rings (SSSR count). The normalized spacial score (nSPS) is 12.7. The number of hydrogen-bond acceptors (Lipinski definition) is 3. The minimum absolute atomic E-state index is 0.470. The minimum atomic E-state index is -0.936. The van der Waals surface area contributed by atoms with E-state index in [9.17, 15) is 4.79 Å². The molecule has 0 spiro atoms. The molecule has 0 aliphatic carbocycles. The van der Waals surface area contributed by atoms with E-state index < -0.39 is 12.0 Å². The number of nitrogens with zero attached hydrogens (tertiary/aromatic N) is 1. The predicted octanol–water partition coefficient (Wildman–Crippen LogP) is 1.23. The Bertz CT molecular complexity index is 362. The largest absolute Gasteiger partial charge is 0.480 e. The van der Waals surface area contributed by atoms with Gasteiger partial charge in [-0.25, -0.2) is 0 Å². The maximum atomic E-state index is 10.6. The van der Waals surface area contributed by atoms with Gasteiger partial charge in [0.05, 0.1) is 0 Å². The maximum absolute atomic E-state index is 10.6. The van der Waals surface area contributed by atoms with Crippen molar-refractivity contribution in [1.82, 2.24) is 4.90 Å². The average molecular weight is 236 g/mol. The van der Waals surface area contributed by atoms with Crippen LogP contribution in [0.3, 0.4) is 0 Å². The molecule has 0 fully saturated rings. The van der Waals surface area contributed by atoms with Crippen molar-refractivity contribution in [3.8, 4) is 0 Å². The lowest BCUT2D eigenvalue weighted by molar-refractivity contribution is -0.138. The van der Waals surface area contributed by atoms with Crippen LogP contribution >= 0.6 is 0 Å². The summed E-state index contributed by atoms with van der Waals surface area (Å²) in [4.78, 5) is 12.6. The lowest BCUT2D eigenvalue weighted by Crippen LogP contribution is -2.34. The molecule has 0 amide bonds. The first-order chi connectivity index (χ1) is 7.99. The monoisotopic (exact) mass is 236 g/mol. The Balaban J connectivity index is 2.36. The summed E-state index contributed by atoms with van der Waals surface area (Å²) in [6, 6.07) is 7.56. The van der Waals surface area contributed by atoms with Gasteiger partial charge >= 0.3 is 5.97 Å². The van der Waals surface area contributed by atoms with Gasteiger partial charge in [0.1, 0.15) is 6.04 Å². The second-order valence-electron chi connectivity index (χ2n) is 4.46. The molecule has 0 aromatic heterocycles. The quantitative estimate of drug-likeness (QED) is 0.779. The molecule has 0 aliphatic heterocycles. The van der Waals surface area contributed by atoms with Crippen molar-refractivity contribution in [2.24, 2.45) is 5.73 Å². The van der Waals surface area contributed by atoms with Gasteiger partial charge in [-0.2, -0.15) is 0 Å². The fourth-order valence-corrected chi connectivity index (χ4v) is 1.57.